The van der Waals surface area contributed by atoms with E-state index in [4.69, 9.17) is 10.5 Å². The van der Waals surface area contributed by atoms with Gasteiger partial charge in [-0.2, -0.15) is 0 Å². The number of ether oxygens (including phenoxy) is 1. The Morgan fingerprint density at radius 1 is 1.21 bits per heavy atom. The van der Waals surface area contributed by atoms with Crippen molar-refractivity contribution < 1.29 is 9.53 Å². The van der Waals surface area contributed by atoms with E-state index in [1.165, 1.54) is 12.8 Å². The summed E-state index contributed by atoms with van der Waals surface area (Å²) in [7, 11) is 0. The van der Waals surface area contributed by atoms with Crippen LogP contribution in [0.4, 0.5) is 0 Å². The van der Waals surface area contributed by atoms with Crippen LogP contribution in [0.2, 0.25) is 0 Å². The molecule has 1 aliphatic carbocycles. The molecule has 0 aromatic heterocycles. The van der Waals surface area contributed by atoms with E-state index in [1.807, 2.05) is 0 Å². The summed E-state index contributed by atoms with van der Waals surface area (Å²) in [4.78, 5) is 11.9. The fourth-order valence-electron chi connectivity index (χ4n) is 2.72. The van der Waals surface area contributed by atoms with E-state index >= 15 is 0 Å². The largest absolute Gasteiger partial charge is 0.376 e. The number of hydrogen-bond donors (Lipinski definition) is 2. The van der Waals surface area contributed by atoms with E-state index in [9.17, 15) is 4.79 Å². The molecule has 1 saturated heterocycles. The molecule has 0 bridgehead atoms. The van der Waals surface area contributed by atoms with Gasteiger partial charge in [0.25, 0.3) is 0 Å². The molecule has 1 unspecified atom stereocenters. The zero-order chi connectivity index (χ0) is 13.5. The number of hydrogen-bond acceptors (Lipinski definition) is 4. The van der Waals surface area contributed by atoms with Crippen LogP contribution in [0.5, 0.6) is 0 Å². The first-order chi connectivity index (χ1) is 9.25. The molecule has 3 N–H and O–H groups in total. The third-order valence-electron chi connectivity index (χ3n) is 3.95. The molecule has 1 amide bonds. The quantitative estimate of drug-likeness (QED) is 0.755. The zero-order valence-corrected chi connectivity index (χ0v) is 12.4. The third-order valence-corrected chi connectivity index (χ3v) is 5.32. The fourth-order valence-corrected chi connectivity index (χ4v) is 3.94. The number of thioether (sulfide) groups is 1. The zero-order valence-electron chi connectivity index (χ0n) is 11.6. The lowest BCUT2D eigenvalue weighted by atomic mass is 9.94. The van der Waals surface area contributed by atoms with Crippen molar-refractivity contribution in [3.63, 3.8) is 0 Å². The van der Waals surface area contributed by atoms with Crippen molar-refractivity contribution >= 4 is 17.7 Å². The van der Waals surface area contributed by atoms with Crippen molar-refractivity contribution in [3.05, 3.63) is 0 Å². The van der Waals surface area contributed by atoms with Crippen molar-refractivity contribution in [3.8, 4) is 0 Å². The Labute approximate surface area is 120 Å². The van der Waals surface area contributed by atoms with Crippen molar-refractivity contribution in [2.24, 2.45) is 5.73 Å². The van der Waals surface area contributed by atoms with E-state index < -0.39 is 0 Å². The summed E-state index contributed by atoms with van der Waals surface area (Å²) in [6.45, 7) is 1.27. The maximum Gasteiger partial charge on any atom is 0.233 e. The molecule has 1 saturated carbocycles. The number of nitrogens with one attached hydrogen (secondary N) is 1. The van der Waals surface area contributed by atoms with Gasteiger partial charge in [0.2, 0.25) is 5.91 Å². The van der Waals surface area contributed by atoms with Crippen LogP contribution in [0.1, 0.15) is 44.9 Å². The molecular weight excluding hydrogens is 260 g/mol. The monoisotopic (exact) mass is 286 g/mol. The molecule has 4 nitrogen and oxygen atoms in total. The second kappa shape index (κ2) is 8.12. The Bertz CT molecular complexity index is 275. The highest BCUT2D eigenvalue weighted by atomic mass is 32.2. The topological polar surface area (TPSA) is 64.3 Å². The van der Waals surface area contributed by atoms with Crippen LogP contribution in [0, 0.1) is 0 Å². The predicted octanol–water partition coefficient (Wildman–Crippen LogP) is 1.67. The van der Waals surface area contributed by atoms with Gasteiger partial charge in [-0.25, -0.2) is 0 Å². The summed E-state index contributed by atoms with van der Waals surface area (Å²) < 4.78 is 5.79. The van der Waals surface area contributed by atoms with E-state index in [0.29, 0.717) is 25.3 Å². The lowest BCUT2D eigenvalue weighted by Gasteiger charge is -2.26. The van der Waals surface area contributed by atoms with E-state index in [-0.39, 0.29) is 11.2 Å². The van der Waals surface area contributed by atoms with Crippen LogP contribution < -0.4 is 11.1 Å². The average molecular weight is 286 g/mol. The van der Waals surface area contributed by atoms with Gasteiger partial charge in [0.05, 0.1) is 18.0 Å². The van der Waals surface area contributed by atoms with E-state index in [2.05, 4.69) is 5.32 Å². The summed E-state index contributed by atoms with van der Waals surface area (Å²) in [5.74, 6) is 1.32. The third kappa shape index (κ3) is 5.32. The first kappa shape index (κ1) is 15.1. The van der Waals surface area contributed by atoms with Crippen molar-refractivity contribution in [2.75, 3.05) is 18.9 Å². The molecule has 0 aromatic carbocycles. The van der Waals surface area contributed by atoms with Gasteiger partial charge in [-0.3, -0.25) is 4.79 Å². The molecule has 2 rings (SSSR count). The number of carbonyl (C=O) groups is 1. The van der Waals surface area contributed by atoms with Crippen molar-refractivity contribution in [1.29, 1.82) is 0 Å². The number of carbonyl (C=O) groups excluding carboxylic acids is 1. The lowest BCUT2D eigenvalue weighted by molar-refractivity contribution is -0.121. The standard InChI is InChI=1S/C14H26N2O2S/c15-11-4-6-12(7-5-11)18-9-8-16-14(17)13-3-1-2-10-19-13/h11-13H,1-10,15H2,(H,16,17). The van der Waals surface area contributed by atoms with Crippen LogP contribution in [-0.2, 0) is 9.53 Å². The van der Waals surface area contributed by atoms with Crippen LogP contribution in [0.15, 0.2) is 0 Å². The molecule has 1 atom stereocenters. The first-order valence-corrected chi connectivity index (χ1v) is 8.57. The normalized spacial score (nSPS) is 31.9. The van der Waals surface area contributed by atoms with Gasteiger partial charge in [-0.05, 0) is 44.3 Å². The molecule has 1 aliphatic heterocycles. The maximum absolute atomic E-state index is 11.9. The first-order valence-electron chi connectivity index (χ1n) is 7.52. The predicted molar refractivity (Wildman–Crippen MR) is 79.3 cm³/mol. The summed E-state index contributed by atoms with van der Waals surface area (Å²) in [5, 5.41) is 3.16. The smallest absolute Gasteiger partial charge is 0.233 e. The Morgan fingerprint density at radius 2 is 2.00 bits per heavy atom. The van der Waals surface area contributed by atoms with Gasteiger partial charge in [0.1, 0.15) is 0 Å². The second-order valence-electron chi connectivity index (χ2n) is 5.55. The van der Waals surface area contributed by atoms with Crippen molar-refractivity contribution in [2.45, 2.75) is 62.3 Å². The maximum atomic E-state index is 11.9. The Hall–Kier alpha value is -0.260. The highest BCUT2D eigenvalue weighted by molar-refractivity contribution is 8.00. The average Bonchev–Trinajstić information content (AvgIpc) is 2.46. The molecule has 2 aliphatic rings. The summed E-state index contributed by atoms with van der Waals surface area (Å²) in [5.41, 5.74) is 5.86. The van der Waals surface area contributed by atoms with E-state index in [1.54, 1.807) is 11.8 Å². The number of rotatable bonds is 5. The van der Waals surface area contributed by atoms with Crippen molar-refractivity contribution in [1.82, 2.24) is 5.32 Å². The number of amides is 1. The van der Waals surface area contributed by atoms with Crippen LogP contribution in [0.25, 0.3) is 0 Å². The van der Waals surface area contributed by atoms with Crippen LogP contribution >= 0.6 is 11.8 Å². The van der Waals surface area contributed by atoms with Gasteiger partial charge < -0.3 is 15.8 Å². The summed E-state index contributed by atoms with van der Waals surface area (Å²) in [6, 6.07) is 0.364. The molecule has 0 aromatic rings. The van der Waals surface area contributed by atoms with Crippen LogP contribution in [-0.4, -0.2) is 42.2 Å². The molecule has 5 heteroatoms. The highest BCUT2D eigenvalue weighted by Crippen LogP contribution is 2.25. The Balaban J connectivity index is 1.52. The summed E-state index contributed by atoms with van der Waals surface area (Å²) >= 11 is 1.79. The summed E-state index contributed by atoms with van der Waals surface area (Å²) in [6.07, 6.45) is 8.07. The number of nitrogens with two attached hydrogens (primary N) is 1. The molecule has 0 radical (unpaired) electrons. The fraction of sp³-hybridized carbons (Fsp3) is 0.929. The minimum Gasteiger partial charge on any atom is -0.376 e. The Kier molecular flexibility index (Phi) is 6.47. The van der Waals surface area contributed by atoms with Gasteiger partial charge in [0, 0.05) is 12.6 Å². The minimum absolute atomic E-state index is 0.168. The van der Waals surface area contributed by atoms with E-state index in [0.717, 1.165) is 37.9 Å². The molecule has 1 heterocycles. The van der Waals surface area contributed by atoms with Gasteiger partial charge >= 0.3 is 0 Å². The SMILES string of the molecule is NC1CCC(OCCNC(=O)C2CCCCS2)CC1. The minimum atomic E-state index is 0.168. The molecule has 110 valence electrons. The van der Waals surface area contributed by atoms with Crippen LogP contribution in [0.3, 0.4) is 0 Å². The lowest BCUT2D eigenvalue weighted by Crippen LogP contribution is -2.37. The Morgan fingerprint density at radius 3 is 2.68 bits per heavy atom. The van der Waals surface area contributed by atoms with Gasteiger partial charge in [-0.1, -0.05) is 6.42 Å². The molecule has 0 spiro atoms. The highest BCUT2D eigenvalue weighted by Gasteiger charge is 2.22. The second-order valence-corrected chi connectivity index (χ2v) is 6.86. The van der Waals surface area contributed by atoms with Gasteiger partial charge in [-0.15, -0.1) is 11.8 Å². The van der Waals surface area contributed by atoms with Gasteiger partial charge in [0.15, 0.2) is 0 Å². The molecular formula is C14H26N2O2S. The molecule has 19 heavy (non-hydrogen) atoms. The molecule has 2 fully saturated rings.